The van der Waals surface area contributed by atoms with Crippen LogP contribution < -0.4 is 10.1 Å². The number of hydrogen-bond donors (Lipinski definition) is 1. The van der Waals surface area contributed by atoms with E-state index in [4.69, 9.17) is 0 Å². The fourth-order valence-electron chi connectivity index (χ4n) is 2.07. The van der Waals surface area contributed by atoms with Crippen LogP contribution >= 0.6 is 0 Å². The standard InChI is InChI=1S/C16H15F4NO/c1-11(13-7-3-4-8-14(13)17)21-10-12-6-2-5-9-15(12)22-16(18,19)20/h2-9,11,21H,10H2,1H3. The van der Waals surface area contributed by atoms with E-state index in [1.165, 1.54) is 24.3 Å². The zero-order valence-electron chi connectivity index (χ0n) is 11.8. The van der Waals surface area contributed by atoms with Crippen molar-refractivity contribution in [1.82, 2.24) is 5.32 Å². The molecule has 0 aliphatic carbocycles. The minimum Gasteiger partial charge on any atom is -0.405 e. The zero-order chi connectivity index (χ0) is 16.2. The molecule has 2 aromatic carbocycles. The Morgan fingerprint density at radius 1 is 1.05 bits per heavy atom. The summed E-state index contributed by atoms with van der Waals surface area (Å²) in [6.07, 6.45) is -4.74. The number of alkyl halides is 3. The summed E-state index contributed by atoms with van der Waals surface area (Å²) in [5, 5.41) is 2.99. The first-order chi connectivity index (χ1) is 10.4. The summed E-state index contributed by atoms with van der Waals surface area (Å²) in [7, 11) is 0. The predicted molar refractivity (Wildman–Crippen MR) is 74.8 cm³/mol. The van der Waals surface area contributed by atoms with Crippen molar-refractivity contribution in [2.75, 3.05) is 0 Å². The first-order valence-corrected chi connectivity index (χ1v) is 6.68. The van der Waals surface area contributed by atoms with Crippen molar-refractivity contribution in [2.24, 2.45) is 0 Å². The molecular formula is C16H15F4NO. The second kappa shape index (κ2) is 6.79. The van der Waals surface area contributed by atoms with Gasteiger partial charge < -0.3 is 10.1 Å². The molecule has 0 saturated carbocycles. The van der Waals surface area contributed by atoms with E-state index in [1.807, 2.05) is 0 Å². The van der Waals surface area contributed by atoms with Gasteiger partial charge in [-0.2, -0.15) is 0 Å². The van der Waals surface area contributed by atoms with E-state index in [0.29, 0.717) is 11.1 Å². The molecule has 0 radical (unpaired) electrons. The van der Waals surface area contributed by atoms with Crippen molar-refractivity contribution >= 4 is 0 Å². The Morgan fingerprint density at radius 3 is 2.36 bits per heavy atom. The molecule has 6 heteroatoms. The largest absolute Gasteiger partial charge is 0.573 e. The normalized spacial score (nSPS) is 13.0. The second-order valence-corrected chi connectivity index (χ2v) is 4.78. The molecule has 0 aromatic heterocycles. The Bertz CT molecular complexity index is 628. The minimum atomic E-state index is -4.74. The molecule has 0 amide bonds. The molecule has 2 nitrogen and oxygen atoms in total. The summed E-state index contributed by atoms with van der Waals surface area (Å²) in [6.45, 7) is 1.87. The Hall–Kier alpha value is -2.08. The third-order valence-corrected chi connectivity index (χ3v) is 3.17. The molecule has 118 valence electrons. The lowest BCUT2D eigenvalue weighted by Gasteiger charge is -2.17. The summed E-state index contributed by atoms with van der Waals surface area (Å²) in [5.74, 6) is -0.620. The molecule has 2 rings (SSSR count). The van der Waals surface area contributed by atoms with Gasteiger partial charge in [0, 0.05) is 23.7 Å². The Kier molecular flexibility index (Phi) is 5.03. The number of benzene rings is 2. The van der Waals surface area contributed by atoms with Crippen LogP contribution in [0, 0.1) is 5.82 Å². The molecule has 2 aromatic rings. The van der Waals surface area contributed by atoms with E-state index in [0.717, 1.165) is 0 Å². The molecule has 0 heterocycles. The van der Waals surface area contributed by atoms with E-state index >= 15 is 0 Å². The van der Waals surface area contributed by atoms with E-state index in [-0.39, 0.29) is 24.2 Å². The first kappa shape index (κ1) is 16.3. The van der Waals surface area contributed by atoms with Gasteiger partial charge >= 0.3 is 6.36 Å². The van der Waals surface area contributed by atoms with Crippen LogP contribution in [0.25, 0.3) is 0 Å². The predicted octanol–water partition coefficient (Wildman–Crippen LogP) is 4.58. The van der Waals surface area contributed by atoms with Gasteiger partial charge in [-0.25, -0.2) is 4.39 Å². The average molecular weight is 313 g/mol. The molecule has 1 atom stereocenters. The summed E-state index contributed by atoms with van der Waals surface area (Å²) < 4.78 is 54.7. The second-order valence-electron chi connectivity index (χ2n) is 4.78. The van der Waals surface area contributed by atoms with Gasteiger partial charge in [0.25, 0.3) is 0 Å². The Morgan fingerprint density at radius 2 is 1.68 bits per heavy atom. The van der Waals surface area contributed by atoms with Crippen LogP contribution in [0.5, 0.6) is 5.75 Å². The monoisotopic (exact) mass is 313 g/mol. The quantitative estimate of drug-likeness (QED) is 0.816. The highest BCUT2D eigenvalue weighted by atomic mass is 19.4. The van der Waals surface area contributed by atoms with Gasteiger partial charge in [0.05, 0.1) is 0 Å². The van der Waals surface area contributed by atoms with Crippen molar-refractivity contribution < 1.29 is 22.3 Å². The molecule has 0 bridgehead atoms. The first-order valence-electron chi connectivity index (χ1n) is 6.68. The molecule has 1 N–H and O–H groups in total. The molecule has 0 saturated heterocycles. The molecule has 0 aliphatic rings. The minimum absolute atomic E-state index is 0.127. The van der Waals surface area contributed by atoms with Crippen molar-refractivity contribution in [1.29, 1.82) is 0 Å². The Balaban J connectivity index is 2.07. The van der Waals surface area contributed by atoms with Gasteiger partial charge in [-0.05, 0) is 19.1 Å². The maximum absolute atomic E-state index is 13.7. The highest BCUT2D eigenvalue weighted by Crippen LogP contribution is 2.26. The van der Waals surface area contributed by atoms with Crippen LogP contribution in [0.4, 0.5) is 17.6 Å². The SMILES string of the molecule is CC(NCc1ccccc1OC(F)(F)F)c1ccccc1F. The zero-order valence-corrected chi connectivity index (χ0v) is 11.8. The highest BCUT2D eigenvalue weighted by molar-refractivity contribution is 5.33. The fraction of sp³-hybridized carbons (Fsp3) is 0.250. The topological polar surface area (TPSA) is 21.3 Å². The molecule has 0 spiro atoms. The maximum Gasteiger partial charge on any atom is 0.573 e. The van der Waals surface area contributed by atoms with Gasteiger partial charge in [0.1, 0.15) is 11.6 Å². The van der Waals surface area contributed by atoms with E-state index in [9.17, 15) is 17.6 Å². The van der Waals surface area contributed by atoms with Gasteiger partial charge in [-0.1, -0.05) is 36.4 Å². The number of hydrogen-bond acceptors (Lipinski definition) is 2. The van der Waals surface area contributed by atoms with Gasteiger partial charge in [-0.3, -0.25) is 0 Å². The number of halogens is 4. The lowest BCUT2D eigenvalue weighted by Crippen LogP contribution is -2.22. The highest BCUT2D eigenvalue weighted by Gasteiger charge is 2.31. The van der Waals surface area contributed by atoms with Crippen LogP contribution in [0.1, 0.15) is 24.1 Å². The van der Waals surface area contributed by atoms with Gasteiger partial charge in [0.15, 0.2) is 0 Å². The van der Waals surface area contributed by atoms with Gasteiger partial charge in [-0.15, -0.1) is 13.2 Å². The third kappa shape index (κ3) is 4.46. The van der Waals surface area contributed by atoms with Crippen molar-refractivity contribution in [2.45, 2.75) is 25.9 Å². The smallest absolute Gasteiger partial charge is 0.405 e. The fourth-order valence-corrected chi connectivity index (χ4v) is 2.07. The number of rotatable bonds is 5. The van der Waals surface area contributed by atoms with Crippen molar-refractivity contribution in [3.63, 3.8) is 0 Å². The number of ether oxygens (including phenoxy) is 1. The maximum atomic E-state index is 13.7. The Labute approximate surface area is 125 Å². The summed E-state index contributed by atoms with van der Waals surface area (Å²) >= 11 is 0. The van der Waals surface area contributed by atoms with Crippen LogP contribution in [-0.2, 0) is 6.54 Å². The van der Waals surface area contributed by atoms with Gasteiger partial charge in [0.2, 0.25) is 0 Å². The van der Waals surface area contributed by atoms with Crippen LogP contribution in [0.2, 0.25) is 0 Å². The molecule has 1 unspecified atom stereocenters. The van der Waals surface area contributed by atoms with E-state index in [1.54, 1.807) is 31.2 Å². The van der Waals surface area contributed by atoms with Crippen LogP contribution in [0.3, 0.4) is 0 Å². The third-order valence-electron chi connectivity index (χ3n) is 3.17. The number of nitrogens with one attached hydrogen (secondary N) is 1. The summed E-state index contributed by atoms with van der Waals surface area (Å²) in [6, 6.07) is 11.8. The van der Waals surface area contributed by atoms with Crippen molar-refractivity contribution in [3.05, 3.63) is 65.5 Å². The average Bonchev–Trinajstić information content (AvgIpc) is 2.45. The number of para-hydroxylation sites is 1. The lowest BCUT2D eigenvalue weighted by atomic mass is 10.1. The molecule has 0 fully saturated rings. The molecule has 0 aliphatic heterocycles. The van der Waals surface area contributed by atoms with Crippen molar-refractivity contribution in [3.8, 4) is 5.75 Å². The van der Waals surface area contributed by atoms with Crippen LogP contribution in [0.15, 0.2) is 48.5 Å². The van der Waals surface area contributed by atoms with E-state index < -0.39 is 6.36 Å². The van der Waals surface area contributed by atoms with Crippen LogP contribution in [-0.4, -0.2) is 6.36 Å². The lowest BCUT2D eigenvalue weighted by molar-refractivity contribution is -0.274. The summed E-state index contributed by atoms with van der Waals surface area (Å²) in [4.78, 5) is 0. The van der Waals surface area contributed by atoms with E-state index in [2.05, 4.69) is 10.1 Å². The molecular weight excluding hydrogens is 298 g/mol. The summed E-state index contributed by atoms with van der Waals surface area (Å²) in [5.41, 5.74) is 0.805. The molecule has 22 heavy (non-hydrogen) atoms.